The van der Waals surface area contributed by atoms with Crippen LogP contribution in [0.2, 0.25) is 10.0 Å². The highest BCUT2D eigenvalue weighted by atomic mass is 35.5. The molecule has 23 heavy (non-hydrogen) atoms. The lowest BCUT2D eigenvalue weighted by Crippen LogP contribution is -2.17. The van der Waals surface area contributed by atoms with Gasteiger partial charge in [-0.1, -0.05) is 29.3 Å². The van der Waals surface area contributed by atoms with Gasteiger partial charge in [0.25, 0.3) is 5.69 Å². The van der Waals surface area contributed by atoms with Crippen molar-refractivity contribution in [3.63, 3.8) is 0 Å². The van der Waals surface area contributed by atoms with Gasteiger partial charge in [0.15, 0.2) is 0 Å². The highest BCUT2D eigenvalue weighted by Gasteiger charge is 2.22. The van der Waals surface area contributed by atoms with E-state index in [4.69, 9.17) is 34.7 Å². The number of non-ortho nitro benzene ring substituents is 1. The minimum atomic E-state index is -0.563. The van der Waals surface area contributed by atoms with Crippen LogP contribution >= 0.6 is 23.2 Å². The normalized spacial score (nSPS) is 11.9. The topological polar surface area (TPSA) is 112 Å². The van der Waals surface area contributed by atoms with Gasteiger partial charge in [0.1, 0.15) is 0 Å². The van der Waals surface area contributed by atoms with Crippen molar-refractivity contribution in [3.8, 4) is 0 Å². The molecule has 2 rings (SSSR count). The summed E-state index contributed by atoms with van der Waals surface area (Å²) in [5.41, 5.74) is 12.5. The number of rotatable bonds is 5. The molecule has 0 aliphatic heterocycles. The van der Waals surface area contributed by atoms with Crippen molar-refractivity contribution in [1.82, 2.24) is 0 Å². The first-order valence-corrected chi connectivity index (χ1v) is 7.32. The number of hydrogen-bond acceptors (Lipinski definition) is 4. The molecule has 0 saturated heterocycles. The first-order valence-electron chi connectivity index (χ1n) is 6.56. The van der Waals surface area contributed by atoms with Crippen LogP contribution < -0.4 is 11.5 Å². The summed E-state index contributed by atoms with van der Waals surface area (Å²) in [6, 6.07) is 8.93. The molecule has 2 aromatic carbocycles. The largest absolute Gasteiger partial charge is 0.398 e. The number of amides is 1. The Morgan fingerprint density at radius 1 is 1.17 bits per heavy atom. The summed E-state index contributed by atoms with van der Waals surface area (Å²) in [6.45, 7) is 0. The van der Waals surface area contributed by atoms with Crippen molar-refractivity contribution in [2.24, 2.45) is 5.73 Å². The number of nitrogens with two attached hydrogens (primary N) is 2. The lowest BCUT2D eigenvalue weighted by atomic mass is 9.87. The van der Waals surface area contributed by atoms with Gasteiger partial charge in [-0.2, -0.15) is 0 Å². The number of nitro benzene ring substituents is 1. The zero-order valence-electron chi connectivity index (χ0n) is 11.8. The van der Waals surface area contributed by atoms with Gasteiger partial charge in [-0.3, -0.25) is 14.9 Å². The number of halogens is 2. The Morgan fingerprint density at radius 2 is 1.87 bits per heavy atom. The third kappa shape index (κ3) is 3.91. The Hall–Kier alpha value is -2.31. The molecule has 2 aromatic rings. The molecule has 0 bridgehead atoms. The summed E-state index contributed by atoms with van der Waals surface area (Å²) >= 11 is 11.9. The van der Waals surface area contributed by atoms with E-state index in [9.17, 15) is 14.9 Å². The van der Waals surface area contributed by atoms with Crippen LogP contribution in [0.5, 0.6) is 0 Å². The molecule has 8 heteroatoms. The Balaban J connectivity index is 2.58. The maximum atomic E-state index is 11.4. The SMILES string of the molecule is NC(=O)CC(c1ccc(Cl)c(Cl)c1)c1cc([N+](=O)[O-])ccc1N. The number of nitrogen functional groups attached to an aromatic ring is 1. The molecule has 0 radical (unpaired) electrons. The second-order valence-corrected chi connectivity index (χ2v) is 5.78. The van der Waals surface area contributed by atoms with Crippen molar-refractivity contribution in [1.29, 1.82) is 0 Å². The first kappa shape index (κ1) is 17.1. The first-order chi connectivity index (χ1) is 10.8. The Morgan fingerprint density at radius 3 is 2.43 bits per heavy atom. The zero-order chi connectivity index (χ0) is 17.1. The minimum Gasteiger partial charge on any atom is -0.398 e. The van der Waals surface area contributed by atoms with E-state index in [1.807, 2.05) is 0 Å². The molecule has 6 nitrogen and oxygen atoms in total. The van der Waals surface area contributed by atoms with Crippen molar-refractivity contribution in [2.45, 2.75) is 12.3 Å². The second-order valence-electron chi connectivity index (χ2n) is 4.97. The predicted octanol–water partition coefficient (Wildman–Crippen LogP) is 3.49. The summed E-state index contributed by atoms with van der Waals surface area (Å²) in [7, 11) is 0. The van der Waals surface area contributed by atoms with E-state index >= 15 is 0 Å². The Kier molecular flexibility index (Phi) is 5.08. The van der Waals surface area contributed by atoms with Crippen molar-refractivity contribution >= 4 is 40.5 Å². The number of anilines is 1. The van der Waals surface area contributed by atoms with E-state index in [2.05, 4.69) is 0 Å². The quantitative estimate of drug-likeness (QED) is 0.486. The van der Waals surface area contributed by atoms with E-state index in [-0.39, 0.29) is 12.1 Å². The fourth-order valence-corrected chi connectivity index (χ4v) is 2.62. The molecule has 120 valence electrons. The van der Waals surface area contributed by atoms with Crippen LogP contribution in [0.3, 0.4) is 0 Å². The third-order valence-electron chi connectivity index (χ3n) is 3.41. The molecule has 1 unspecified atom stereocenters. The van der Waals surface area contributed by atoms with Crippen LogP contribution in [0.25, 0.3) is 0 Å². The van der Waals surface area contributed by atoms with E-state index in [0.29, 0.717) is 26.9 Å². The summed E-state index contributed by atoms with van der Waals surface area (Å²) in [5.74, 6) is -1.12. The average Bonchev–Trinajstić information content (AvgIpc) is 2.48. The van der Waals surface area contributed by atoms with Gasteiger partial charge >= 0.3 is 0 Å². The van der Waals surface area contributed by atoms with Crippen LogP contribution in [0, 0.1) is 10.1 Å². The number of carbonyl (C=O) groups excluding carboxylic acids is 1. The highest BCUT2D eigenvalue weighted by molar-refractivity contribution is 6.42. The van der Waals surface area contributed by atoms with Gasteiger partial charge in [0.2, 0.25) is 5.91 Å². The van der Waals surface area contributed by atoms with E-state index in [0.717, 1.165) is 0 Å². The maximum Gasteiger partial charge on any atom is 0.269 e. The van der Waals surface area contributed by atoms with Gasteiger partial charge < -0.3 is 11.5 Å². The molecule has 0 fully saturated rings. The fraction of sp³-hybridized carbons (Fsp3) is 0.133. The van der Waals surface area contributed by atoms with E-state index in [1.54, 1.807) is 18.2 Å². The Bertz CT molecular complexity index is 781. The number of nitrogens with zero attached hydrogens (tertiary/aromatic N) is 1. The molecule has 0 aliphatic rings. The molecule has 0 heterocycles. The van der Waals surface area contributed by atoms with Crippen molar-refractivity contribution < 1.29 is 9.72 Å². The summed E-state index contributed by atoms with van der Waals surface area (Å²) < 4.78 is 0. The van der Waals surface area contributed by atoms with Crippen molar-refractivity contribution in [2.75, 3.05) is 5.73 Å². The molecule has 0 spiro atoms. The van der Waals surface area contributed by atoms with Crippen LogP contribution in [0.4, 0.5) is 11.4 Å². The summed E-state index contributed by atoms with van der Waals surface area (Å²) in [5, 5.41) is 11.6. The molecule has 0 aromatic heterocycles. The van der Waals surface area contributed by atoms with Crippen LogP contribution in [0.15, 0.2) is 36.4 Å². The maximum absolute atomic E-state index is 11.4. The number of primary amides is 1. The number of benzene rings is 2. The summed E-state index contributed by atoms with van der Waals surface area (Å²) in [6.07, 6.45) is -0.0661. The molecule has 1 atom stereocenters. The zero-order valence-corrected chi connectivity index (χ0v) is 13.3. The molecular weight excluding hydrogens is 341 g/mol. The van der Waals surface area contributed by atoms with Gasteiger partial charge in [0.05, 0.1) is 15.0 Å². The van der Waals surface area contributed by atoms with Gasteiger partial charge in [0, 0.05) is 30.2 Å². The van der Waals surface area contributed by atoms with Crippen LogP contribution in [-0.4, -0.2) is 10.8 Å². The second kappa shape index (κ2) is 6.85. The number of nitro groups is 1. The average molecular weight is 354 g/mol. The van der Waals surface area contributed by atoms with E-state index < -0.39 is 16.7 Å². The summed E-state index contributed by atoms with van der Waals surface area (Å²) in [4.78, 5) is 21.9. The molecule has 4 N–H and O–H groups in total. The van der Waals surface area contributed by atoms with Gasteiger partial charge in [-0.05, 0) is 29.3 Å². The molecular formula is C15H13Cl2N3O3. The molecule has 0 aliphatic carbocycles. The minimum absolute atomic E-state index is 0.0661. The van der Waals surface area contributed by atoms with Gasteiger partial charge in [-0.25, -0.2) is 0 Å². The van der Waals surface area contributed by atoms with E-state index in [1.165, 1.54) is 18.2 Å². The molecule has 1 amide bonds. The highest BCUT2D eigenvalue weighted by Crippen LogP contribution is 2.36. The number of hydrogen-bond donors (Lipinski definition) is 2. The third-order valence-corrected chi connectivity index (χ3v) is 4.15. The molecule has 0 saturated carbocycles. The Labute approximate surface area is 142 Å². The van der Waals surface area contributed by atoms with Gasteiger partial charge in [-0.15, -0.1) is 0 Å². The number of carbonyl (C=O) groups is 1. The van der Waals surface area contributed by atoms with Crippen LogP contribution in [0.1, 0.15) is 23.5 Å². The smallest absolute Gasteiger partial charge is 0.269 e. The monoisotopic (exact) mass is 353 g/mol. The lowest BCUT2D eigenvalue weighted by molar-refractivity contribution is -0.384. The fourth-order valence-electron chi connectivity index (χ4n) is 2.32. The predicted molar refractivity (Wildman–Crippen MR) is 89.6 cm³/mol. The van der Waals surface area contributed by atoms with Crippen LogP contribution in [-0.2, 0) is 4.79 Å². The van der Waals surface area contributed by atoms with Crippen molar-refractivity contribution in [3.05, 3.63) is 67.7 Å². The standard InChI is InChI=1S/C15H13Cl2N3O3/c16-12-3-1-8(5-13(12)17)10(7-15(19)21)11-6-9(20(22)23)2-4-14(11)18/h1-6,10H,7,18H2,(H2,19,21). The lowest BCUT2D eigenvalue weighted by Gasteiger charge is -2.19.